The van der Waals surface area contributed by atoms with Crippen LogP contribution in [0, 0.1) is 0 Å². The first kappa shape index (κ1) is 7.97. The van der Waals surface area contributed by atoms with E-state index in [0.29, 0.717) is 19.8 Å². The van der Waals surface area contributed by atoms with Crippen molar-refractivity contribution in [3.63, 3.8) is 0 Å². The number of ether oxygens (including phenoxy) is 2. The highest BCUT2D eigenvalue weighted by molar-refractivity contribution is 7.15. The Labute approximate surface area is 74.3 Å². The first-order valence-corrected chi connectivity index (χ1v) is 4.58. The zero-order valence-electron chi connectivity index (χ0n) is 6.53. The predicted octanol–water partition coefficient (Wildman–Crippen LogP) is 0.813. The monoisotopic (exact) mass is 186 g/mol. The summed E-state index contributed by atoms with van der Waals surface area (Å²) >= 11 is 1.46. The van der Waals surface area contributed by atoms with Crippen molar-refractivity contribution >= 4 is 16.3 Å². The second-order valence-electron chi connectivity index (χ2n) is 2.54. The zero-order chi connectivity index (χ0) is 8.39. The summed E-state index contributed by atoms with van der Waals surface area (Å²) in [7, 11) is 0. The van der Waals surface area contributed by atoms with Gasteiger partial charge in [-0.3, -0.25) is 0 Å². The fourth-order valence-electron chi connectivity index (χ4n) is 1.08. The van der Waals surface area contributed by atoms with E-state index in [1.54, 1.807) is 6.20 Å². The average Bonchev–Trinajstić information content (AvgIpc) is 2.54. The van der Waals surface area contributed by atoms with E-state index in [1.807, 2.05) is 0 Å². The molecule has 1 atom stereocenters. The van der Waals surface area contributed by atoms with Crippen LogP contribution >= 0.6 is 11.3 Å². The lowest BCUT2D eigenvalue weighted by Gasteiger charge is -2.20. The summed E-state index contributed by atoms with van der Waals surface area (Å²) < 4.78 is 10.7. The van der Waals surface area contributed by atoms with Crippen molar-refractivity contribution in [1.29, 1.82) is 0 Å². The molecule has 1 aromatic rings. The lowest BCUT2D eigenvalue weighted by atomic mass is 10.4. The SMILES string of the molecule is Nc1cnc(C2COCCO2)s1. The average molecular weight is 186 g/mol. The van der Waals surface area contributed by atoms with Crippen LogP contribution in [0.2, 0.25) is 0 Å². The molecular formula is C7H10N2O2S. The van der Waals surface area contributed by atoms with Gasteiger partial charge >= 0.3 is 0 Å². The molecule has 0 radical (unpaired) electrons. The number of nitrogen functional groups attached to an aromatic ring is 1. The summed E-state index contributed by atoms with van der Waals surface area (Å²) in [5, 5.41) is 1.63. The molecule has 1 aliphatic rings. The van der Waals surface area contributed by atoms with Crippen molar-refractivity contribution < 1.29 is 9.47 Å². The van der Waals surface area contributed by atoms with Crippen molar-refractivity contribution in [2.24, 2.45) is 0 Å². The van der Waals surface area contributed by atoms with Crippen LogP contribution in [0.15, 0.2) is 6.20 Å². The maximum Gasteiger partial charge on any atom is 0.132 e. The number of rotatable bonds is 1. The van der Waals surface area contributed by atoms with Gasteiger partial charge in [0.15, 0.2) is 0 Å². The standard InChI is InChI=1S/C7H10N2O2S/c8-6-3-9-7(12-6)5-4-10-1-2-11-5/h3,5H,1-2,4,8H2. The van der Waals surface area contributed by atoms with E-state index in [4.69, 9.17) is 15.2 Å². The molecule has 2 rings (SSSR count). The highest BCUT2D eigenvalue weighted by atomic mass is 32.1. The molecule has 2 N–H and O–H groups in total. The number of hydrogen-bond acceptors (Lipinski definition) is 5. The molecule has 0 aromatic carbocycles. The van der Waals surface area contributed by atoms with Gasteiger partial charge in [0.1, 0.15) is 16.1 Å². The van der Waals surface area contributed by atoms with Gasteiger partial charge in [-0.05, 0) is 0 Å². The molecule has 1 aromatic heterocycles. The summed E-state index contributed by atoms with van der Waals surface area (Å²) in [6.07, 6.45) is 1.64. The Morgan fingerprint density at radius 1 is 1.58 bits per heavy atom. The lowest BCUT2D eigenvalue weighted by Crippen LogP contribution is -2.21. The number of aromatic nitrogens is 1. The number of nitrogens with two attached hydrogens (primary N) is 1. The molecule has 0 saturated carbocycles. The van der Waals surface area contributed by atoms with E-state index in [0.717, 1.165) is 10.0 Å². The molecule has 1 aliphatic heterocycles. The summed E-state index contributed by atoms with van der Waals surface area (Å²) in [6.45, 7) is 1.91. The highest BCUT2D eigenvalue weighted by Gasteiger charge is 2.19. The lowest BCUT2D eigenvalue weighted by molar-refractivity contribution is -0.0901. The molecule has 12 heavy (non-hydrogen) atoms. The molecule has 66 valence electrons. The van der Waals surface area contributed by atoms with Crippen LogP contribution in [0.5, 0.6) is 0 Å². The number of hydrogen-bond donors (Lipinski definition) is 1. The predicted molar refractivity (Wildman–Crippen MR) is 46.0 cm³/mol. The molecule has 1 fully saturated rings. The Kier molecular flexibility index (Phi) is 2.25. The number of nitrogens with zero attached hydrogens (tertiary/aromatic N) is 1. The van der Waals surface area contributed by atoms with E-state index >= 15 is 0 Å². The summed E-state index contributed by atoms with van der Waals surface area (Å²) in [4.78, 5) is 4.13. The van der Waals surface area contributed by atoms with E-state index in [9.17, 15) is 0 Å². The van der Waals surface area contributed by atoms with Gasteiger partial charge in [0.05, 0.1) is 26.0 Å². The van der Waals surface area contributed by atoms with Crippen molar-refractivity contribution in [1.82, 2.24) is 4.98 Å². The van der Waals surface area contributed by atoms with Gasteiger partial charge in [-0.25, -0.2) is 4.98 Å². The summed E-state index contributed by atoms with van der Waals surface area (Å²) in [5.41, 5.74) is 5.54. The molecular weight excluding hydrogens is 176 g/mol. The fraction of sp³-hybridized carbons (Fsp3) is 0.571. The molecule has 1 unspecified atom stereocenters. The minimum atomic E-state index is -0.0129. The second kappa shape index (κ2) is 3.38. The van der Waals surface area contributed by atoms with Gasteiger partial charge in [0, 0.05) is 0 Å². The smallest absolute Gasteiger partial charge is 0.132 e. The van der Waals surface area contributed by atoms with E-state index < -0.39 is 0 Å². The van der Waals surface area contributed by atoms with Crippen molar-refractivity contribution in [3.8, 4) is 0 Å². The van der Waals surface area contributed by atoms with Crippen LogP contribution in [0.25, 0.3) is 0 Å². The first-order valence-electron chi connectivity index (χ1n) is 3.77. The molecule has 4 nitrogen and oxygen atoms in total. The van der Waals surface area contributed by atoms with Gasteiger partial charge in [-0.2, -0.15) is 0 Å². The van der Waals surface area contributed by atoms with Crippen LogP contribution < -0.4 is 5.73 Å². The number of thiazole rings is 1. The Balaban J connectivity index is 2.08. The number of anilines is 1. The maximum absolute atomic E-state index is 5.54. The minimum absolute atomic E-state index is 0.0129. The van der Waals surface area contributed by atoms with Gasteiger partial charge < -0.3 is 15.2 Å². The van der Waals surface area contributed by atoms with E-state index in [-0.39, 0.29) is 6.10 Å². The van der Waals surface area contributed by atoms with Crippen LogP contribution in [-0.4, -0.2) is 24.8 Å². The molecule has 0 bridgehead atoms. The highest BCUT2D eigenvalue weighted by Crippen LogP contribution is 2.26. The Bertz CT molecular complexity index is 258. The van der Waals surface area contributed by atoms with Crippen LogP contribution in [-0.2, 0) is 9.47 Å². The largest absolute Gasteiger partial charge is 0.389 e. The quantitative estimate of drug-likeness (QED) is 0.705. The molecule has 0 aliphatic carbocycles. The van der Waals surface area contributed by atoms with Gasteiger partial charge in [0.25, 0.3) is 0 Å². The van der Waals surface area contributed by atoms with E-state index in [1.165, 1.54) is 11.3 Å². The van der Waals surface area contributed by atoms with Crippen molar-refractivity contribution in [3.05, 3.63) is 11.2 Å². The minimum Gasteiger partial charge on any atom is -0.389 e. The van der Waals surface area contributed by atoms with Crippen LogP contribution in [0.3, 0.4) is 0 Å². The topological polar surface area (TPSA) is 57.4 Å². The second-order valence-corrected chi connectivity index (χ2v) is 3.63. The zero-order valence-corrected chi connectivity index (χ0v) is 7.34. The molecule has 1 saturated heterocycles. The summed E-state index contributed by atoms with van der Waals surface area (Å²) in [6, 6.07) is 0. The van der Waals surface area contributed by atoms with Gasteiger partial charge in [-0.1, -0.05) is 11.3 Å². The van der Waals surface area contributed by atoms with Crippen LogP contribution in [0.4, 0.5) is 5.00 Å². The van der Waals surface area contributed by atoms with E-state index in [2.05, 4.69) is 4.98 Å². The molecule has 0 spiro atoms. The maximum atomic E-state index is 5.54. The first-order chi connectivity index (χ1) is 5.86. The Morgan fingerprint density at radius 3 is 3.08 bits per heavy atom. The third kappa shape index (κ3) is 1.57. The Morgan fingerprint density at radius 2 is 2.50 bits per heavy atom. The molecule has 0 amide bonds. The fourth-order valence-corrected chi connectivity index (χ4v) is 1.80. The van der Waals surface area contributed by atoms with Crippen LogP contribution in [0.1, 0.15) is 11.1 Å². The third-order valence-electron chi connectivity index (χ3n) is 1.63. The van der Waals surface area contributed by atoms with Gasteiger partial charge in [0.2, 0.25) is 0 Å². The molecule has 5 heteroatoms. The van der Waals surface area contributed by atoms with Gasteiger partial charge in [-0.15, -0.1) is 0 Å². The van der Waals surface area contributed by atoms with Crippen molar-refractivity contribution in [2.45, 2.75) is 6.10 Å². The summed E-state index contributed by atoms with van der Waals surface area (Å²) in [5.74, 6) is 0. The molecule has 2 heterocycles. The van der Waals surface area contributed by atoms with Crippen molar-refractivity contribution in [2.75, 3.05) is 25.6 Å². The normalized spacial score (nSPS) is 24.2. The Hall–Kier alpha value is -0.650. The third-order valence-corrected chi connectivity index (χ3v) is 2.55.